The van der Waals surface area contributed by atoms with E-state index >= 15 is 0 Å². The van der Waals surface area contributed by atoms with E-state index in [-0.39, 0.29) is 5.91 Å². The summed E-state index contributed by atoms with van der Waals surface area (Å²) in [5, 5.41) is 24.2. The number of anilines is 1. The van der Waals surface area contributed by atoms with E-state index in [1.54, 1.807) is 36.2 Å². The Kier molecular flexibility index (Phi) is 5.92. The van der Waals surface area contributed by atoms with E-state index in [2.05, 4.69) is 28.5 Å². The molecule has 5 rings (SSSR count). The smallest absolute Gasteiger partial charge is 0.423 e. The van der Waals surface area contributed by atoms with Crippen LogP contribution >= 0.6 is 0 Å². The Hall–Kier alpha value is -3.88. The fourth-order valence-electron chi connectivity index (χ4n) is 4.29. The van der Waals surface area contributed by atoms with Gasteiger partial charge in [0.25, 0.3) is 5.91 Å². The third kappa shape index (κ3) is 4.09. The van der Waals surface area contributed by atoms with E-state index in [0.29, 0.717) is 24.1 Å². The van der Waals surface area contributed by atoms with Crippen molar-refractivity contribution in [3.8, 4) is 0 Å². The molecule has 2 heterocycles. The molecule has 0 aliphatic carbocycles. The van der Waals surface area contributed by atoms with Crippen LogP contribution in [-0.2, 0) is 0 Å². The molecule has 1 amide bonds. The molecule has 7 nitrogen and oxygen atoms in total. The summed E-state index contributed by atoms with van der Waals surface area (Å²) in [6, 6.07) is 22.6. The number of pyridine rings is 1. The quantitative estimate of drug-likeness (QED) is 0.225. The first kappa shape index (κ1) is 21.9. The molecule has 0 atom stereocenters. The lowest BCUT2D eigenvalue weighted by atomic mass is 9.80. The van der Waals surface area contributed by atoms with E-state index in [1.807, 2.05) is 30.3 Å². The second-order valence-electron chi connectivity index (χ2n) is 8.40. The summed E-state index contributed by atoms with van der Waals surface area (Å²) < 4.78 is 0. The second kappa shape index (κ2) is 9.17. The standard InChI is InChI=1S/C26H25BN4O3/c1-31(26(32)17-11-13-18(14-12-17)27(33)34)16-6-15-28-23-19-7-2-4-9-21(19)29-24-20-8-3-5-10-22(20)30-25(23)24/h2-5,7-14,30,33-34H,6,15-16H2,1H3,(H,28,29). The zero-order valence-corrected chi connectivity index (χ0v) is 18.8. The van der Waals surface area contributed by atoms with Crippen LogP contribution in [0.2, 0.25) is 0 Å². The monoisotopic (exact) mass is 452 g/mol. The molecule has 0 saturated heterocycles. The molecule has 0 radical (unpaired) electrons. The number of benzene rings is 3. The topological polar surface area (TPSA) is 101 Å². The van der Waals surface area contributed by atoms with Gasteiger partial charge in [-0.1, -0.05) is 48.5 Å². The highest BCUT2D eigenvalue weighted by molar-refractivity contribution is 6.58. The van der Waals surface area contributed by atoms with Crippen molar-refractivity contribution >= 4 is 57.0 Å². The number of fused-ring (bicyclic) bond motifs is 4. The number of amides is 1. The lowest BCUT2D eigenvalue weighted by Crippen LogP contribution is -2.31. The van der Waals surface area contributed by atoms with Gasteiger partial charge in [-0.3, -0.25) is 4.79 Å². The minimum atomic E-state index is -1.54. The molecule has 0 aliphatic heterocycles. The largest absolute Gasteiger partial charge is 0.488 e. The number of aromatic amines is 1. The molecular formula is C26H25BN4O3. The van der Waals surface area contributed by atoms with Gasteiger partial charge >= 0.3 is 7.12 Å². The van der Waals surface area contributed by atoms with Gasteiger partial charge in [0.05, 0.1) is 22.2 Å². The third-order valence-electron chi connectivity index (χ3n) is 6.11. The number of rotatable bonds is 7. The molecule has 0 unspecified atom stereocenters. The number of hydrogen-bond donors (Lipinski definition) is 4. The Morgan fingerprint density at radius 1 is 1.00 bits per heavy atom. The molecule has 0 aliphatic rings. The fraction of sp³-hybridized carbons (Fsp3) is 0.154. The van der Waals surface area contributed by atoms with Crippen molar-refractivity contribution in [1.29, 1.82) is 0 Å². The van der Waals surface area contributed by atoms with Crippen LogP contribution in [0.1, 0.15) is 16.8 Å². The van der Waals surface area contributed by atoms with Crippen LogP contribution in [-0.4, -0.2) is 58.1 Å². The average Bonchev–Trinajstić information content (AvgIpc) is 3.23. The van der Waals surface area contributed by atoms with Crippen molar-refractivity contribution in [3.63, 3.8) is 0 Å². The van der Waals surface area contributed by atoms with Gasteiger partial charge in [-0.05, 0) is 36.1 Å². The van der Waals surface area contributed by atoms with Crippen molar-refractivity contribution in [2.75, 3.05) is 25.5 Å². The van der Waals surface area contributed by atoms with Crippen LogP contribution in [0.15, 0.2) is 72.8 Å². The van der Waals surface area contributed by atoms with Gasteiger partial charge in [-0.25, -0.2) is 4.98 Å². The van der Waals surface area contributed by atoms with Crippen molar-refractivity contribution in [3.05, 3.63) is 78.4 Å². The van der Waals surface area contributed by atoms with Crippen molar-refractivity contribution in [1.82, 2.24) is 14.9 Å². The number of carbonyl (C=O) groups is 1. The number of nitrogens with zero attached hydrogens (tertiary/aromatic N) is 2. The Balaban J connectivity index is 1.31. The van der Waals surface area contributed by atoms with E-state index in [0.717, 1.165) is 44.9 Å². The van der Waals surface area contributed by atoms with Gasteiger partial charge in [0, 0.05) is 42.0 Å². The van der Waals surface area contributed by atoms with Crippen molar-refractivity contribution in [2.45, 2.75) is 6.42 Å². The molecule has 0 saturated carbocycles. The predicted octanol–water partition coefficient (Wildman–Crippen LogP) is 3.12. The summed E-state index contributed by atoms with van der Waals surface area (Å²) in [7, 11) is 0.232. The molecule has 4 N–H and O–H groups in total. The zero-order valence-electron chi connectivity index (χ0n) is 18.8. The number of nitrogens with one attached hydrogen (secondary N) is 2. The summed E-state index contributed by atoms with van der Waals surface area (Å²) >= 11 is 0. The zero-order chi connectivity index (χ0) is 23.7. The normalized spacial score (nSPS) is 11.3. The molecule has 0 fully saturated rings. The molecule has 3 aromatic carbocycles. The van der Waals surface area contributed by atoms with Crippen molar-refractivity contribution in [2.24, 2.45) is 0 Å². The molecule has 170 valence electrons. The Morgan fingerprint density at radius 2 is 1.71 bits per heavy atom. The Labute approximate surface area is 197 Å². The summed E-state index contributed by atoms with van der Waals surface area (Å²) in [5.74, 6) is -0.105. The summed E-state index contributed by atoms with van der Waals surface area (Å²) in [6.07, 6.45) is 0.758. The van der Waals surface area contributed by atoms with E-state index in [1.165, 1.54) is 0 Å². The minimum Gasteiger partial charge on any atom is -0.423 e. The van der Waals surface area contributed by atoms with E-state index in [4.69, 9.17) is 4.98 Å². The highest BCUT2D eigenvalue weighted by atomic mass is 16.4. The van der Waals surface area contributed by atoms with E-state index < -0.39 is 7.12 Å². The van der Waals surface area contributed by atoms with Gasteiger partial charge in [0.15, 0.2) is 0 Å². The van der Waals surface area contributed by atoms with Crippen LogP contribution in [0.25, 0.3) is 32.8 Å². The SMILES string of the molecule is CN(CCCNc1c2ccccc2nc2c1[nH]c1ccccc12)C(=O)c1ccc(B(O)O)cc1. The van der Waals surface area contributed by atoms with E-state index in [9.17, 15) is 14.8 Å². The summed E-state index contributed by atoms with van der Waals surface area (Å²) in [5.41, 5.74) is 5.80. The lowest BCUT2D eigenvalue weighted by molar-refractivity contribution is 0.0794. The first-order chi connectivity index (χ1) is 16.5. The van der Waals surface area contributed by atoms with Gasteiger partial charge in [-0.15, -0.1) is 0 Å². The second-order valence-corrected chi connectivity index (χ2v) is 8.40. The maximum atomic E-state index is 12.7. The van der Waals surface area contributed by atoms with Gasteiger partial charge in [0.1, 0.15) is 0 Å². The molecule has 34 heavy (non-hydrogen) atoms. The predicted molar refractivity (Wildman–Crippen MR) is 137 cm³/mol. The maximum absolute atomic E-state index is 12.7. The molecular weight excluding hydrogens is 427 g/mol. The summed E-state index contributed by atoms with van der Waals surface area (Å²) in [6.45, 7) is 1.26. The van der Waals surface area contributed by atoms with Crippen LogP contribution in [0.3, 0.4) is 0 Å². The highest BCUT2D eigenvalue weighted by Gasteiger charge is 2.16. The number of aromatic nitrogens is 2. The first-order valence-electron chi connectivity index (χ1n) is 11.3. The van der Waals surface area contributed by atoms with Crippen LogP contribution in [0, 0.1) is 0 Å². The summed E-state index contributed by atoms with van der Waals surface area (Å²) in [4.78, 5) is 22.8. The minimum absolute atomic E-state index is 0.105. The average molecular weight is 452 g/mol. The maximum Gasteiger partial charge on any atom is 0.488 e. The molecule has 8 heteroatoms. The number of H-pyrrole nitrogens is 1. The van der Waals surface area contributed by atoms with Crippen LogP contribution in [0.4, 0.5) is 5.69 Å². The number of carbonyl (C=O) groups excluding carboxylic acids is 1. The van der Waals surface area contributed by atoms with Crippen LogP contribution < -0.4 is 10.8 Å². The molecule has 5 aromatic rings. The molecule has 0 bridgehead atoms. The Morgan fingerprint density at radius 3 is 2.47 bits per heavy atom. The van der Waals surface area contributed by atoms with Gasteiger partial charge in [-0.2, -0.15) is 0 Å². The van der Waals surface area contributed by atoms with Crippen molar-refractivity contribution < 1.29 is 14.8 Å². The molecule has 2 aromatic heterocycles. The molecule has 0 spiro atoms. The number of hydrogen-bond acceptors (Lipinski definition) is 5. The van der Waals surface area contributed by atoms with Gasteiger partial charge in [0.2, 0.25) is 0 Å². The number of para-hydroxylation sites is 2. The first-order valence-corrected chi connectivity index (χ1v) is 11.3. The third-order valence-corrected chi connectivity index (χ3v) is 6.11. The Bertz CT molecular complexity index is 1480. The highest BCUT2D eigenvalue weighted by Crippen LogP contribution is 2.34. The van der Waals surface area contributed by atoms with Gasteiger partial charge < -0.3 is 25.2 Å². The fourth-order valence-corrected chi connectivity index (χ4v) is 4.29. The lowest BCUT2D eigenvalue weighted by Gasteiger charge is -2.18. The van der Waals surface area contributed by atoms with Crippen LogP contribution in [0.5, 0.6) is 0 Å².